The molecule has 90 valence electrons. The minimum absolute atomic E-state index is 0.206. The van der Waals surface area contributed by atoms with Crippen molar-refractivity contribution >= 4 is 22.9 Å². The van der Waals surface area contributed by atoms with Crippen LogP contribution in [0.5, 0.6) is 0 Å². The molecule has 0 aliphatic carbocycles. The van der Waals surface area contributed by atoms with E-state index in [-0.39, 0.29) is 11.9 Å². The Bertz CT molecular complexity index is 527. The average molecular weight is 271 g/mol. The lowest BCUT2D eigenvalue weighted by atomic mass is 10.0. The lowest BCUT2D eigenvalue weighted by Gasteiger charge is -2.10. The number of halogens is 2. The summed E-state index contributed by atoms with van der Waals surface area (Å²) < 4.78 is 12.9. The van der Waals surface area contributed by atoms with Crippen molar-refractivity contribution in [2.75, 3.05) is 0 Å². The Balaban J connectivity index is 2.15. The second-order valence-corrected chi connectivity index (χ2v) is 5.31. The summed E-state index contributed by atoms with van der Waals surface area (Å²) in [4.78, 5) is 4.33. The normalized spacial score (nSPS) is 12.7. The van der Waals surface area contributed by atoms with Crippen LogP contribution in [0.25, 0.3) is 0 Å². The van der Waals surface area contributed by atoms with Crippen molar-refractivity contribution in [3.63, 3.8) is 0 Å². The fraction of sp³-hybridized carbons (Fsp3) is 0.250. The number of rotatable bonds is 3. The summed E-state index contributed by atoms with van der Waals surface area (Å²) in [5, 5.41) is 3.34. The Morgan fingerprint density at radius 2 is 2.29 bits per heavy atom. The Labute approximate surface area is 108 Å². The van der Waals surface area contributed by atoms with Gasteiger partial charge < -0.3 is 5.73 Å². The molecule has 2 aromatic rings. The van der Waals surface area contributed by atoms with E-state index in [1.54, 1.807) is 17.4 Å². The van der Waals surface area contributed by atoms with Gasteiger partial charge in [0.1, 0.15) is 5.82 Å². The monoisotopic (exact) mass is 270 g/mol. The maximum atomic E-state index is 12.9. The van der Waals surface area contributed by atoms with Crippen LogP contribution in [0.15, 0.2) is 23.6 Å². The quantitative estimate of drug-likeness (QED) is 0.927. The predicted molar refractivity (Wildman–Crippen MR) is 68.9 cm³/mol. The SMILES string of the molecule is Cc1nc(C(N)Cc2ccc(F)cc2Cl)cs1. The third-order valence-corrected chi connectivity index (χ3v) is 3.62. The van der Waals surface area contributed by atoms with E-state index in [0.717, 1.165) is 16.3 Å². The van der Waals surface area contributed by atoms with Crippen LogP contribution in [-0.2, 0) is 6.42 Å². The van der Waals surface area contributed by atoms with Crippen LogP contribution < -0.4 is 5.73 Å². The molecule has 17 heavy (non-hydrogen) atoms. The molecule has 1 atom stereocenters. The van der Waals surface area contributed by atoms with Gasteiger partial charge in [-0.25, -0.2) is 9.37 Å². The topological polar surface area (TPSA) is 38.9 Å². The maximum absolute atomic E-state index is 12.9. The first kappa shape index (κ1) is 12.5. The minimum atomic E-state index is -0.336. The van der Waals surface area contributed by atoms with E-state index < -0.39 is 0 Å². The number of nitrogens with two attached hydrogens (primary N) is 1. The van der Waals surface area contributed by atoms with E-state index in [9.17, 15) is 4.39 Å². The molecule has 1 aromatic carbocycles. The molecule has 0 aliphatic heterocycles. The standard InChI is InChI=1S/C12H12ClFN2S/c1-7-16-12(6-17-7)11(15)4-8-2-3-9(14)5-10(8)13/h2-3,5-6,11H,4,15H2,1H3. The third-order valence-electron chi connectivity index (χ3n) is 2.47. The number of thiazole rings is 1. The zero-order chi connectivity index (χ0) is 12.4. The number of hydrogen-bond acceptors (Lipinski definition) is 3. The Hall–Kier alpha value is -0.970. The predicted octanol–water partition coefficient (Wildman–Crippen LogP) is 3.49. The lowest BCUT2D eigenvalue weighted by molar-refractivity contribution is 0.625. The van der Waals surface area contributed by atoms with Gasteiger partial charge in [-0.2, -0.15) is 0 Å². The molecule has 1 heterocycles. The van der Waals surface area contributed by atoms with Crippen LogP contribution in [-0.4, -0.2) is 4.98 Å². The Kier molecular flexibility index (Phi) is 3.76. The molecule has 0 saturated heterocycles. The molecule has 1 unspecified atom stereocenters. The summed E-state index contributed by atoms with van der Waals surface area (Å²) in [5.74, 6) is -0.336. The van der Waals surface area contributed by atoms with Gasteiger partial charge in [-0.1, -0.05) is 17.7 Å². The molecule has 0 radical (unpaired) electrons. The summed E-state index contributed by atoms with van der Waals surface area (Å²) in [6, 6.07) is 4.15. The van der Waals surface area contributed by atoms with Gasteiger partial charge in [-0.3, -0.25) is 0 Å². The first-order valence-corrected chi connectivity index (χ1v) is 6.43. The van der Waals surface area contributed by atoms with Crippen LogP contribution in [0.2, 0.25) is 5.02 Å². The molecular weight excluding hydrogens is 259 g/mol. The van der Waals surface area contributed by atoms with Gasteiger partial charge in [0, 0.05) is 10.4 Å². The van der Waals surface area contributed by atoms with Crippen LogP contribution in [0.1, 0.15) is 22.3 Å². The van der Waals surface area contributed by atoms with Crippen molar-refractivity contribution in [3.8, 4) is 0 Å². The highest BCUT2D eigenvalue weighted by Gasteiger charge is 2.12. The van der Waals surface area contributed by atoms with E-state index in [1.165, 1.54) is 12.1 Å². The average Bonchev–Trinajstić information content (AvgIpc) is 2.69. The molecular formula is C12H12ClFN2S. The number of hydrogen-bond donors (Lipinski definition) is 1. The van der Waals surface area contributed by atoms with Crippen LogP contribution in [0.4, 0.5) is 4.39 Å². The number of aryl methyl sites for hydroxylation is 1. The van der Waals surface area contributed by atoms with Gasteiger partial charge >= 0.3 is 0 Å². The molecule has 0 saturated carbocycles. The largest absolute Gasteiger partial charge is 0.322 e. The molecule has 5 heteroatoms. The van der Waals surface area contributed by atoms with Crippen LogP contribution in [0, 0.1) is 12.7 Å². The van der Waals surface area contributed by atoms with Crippen molar-refractivity contribution in [1.82, 2.24) is 4.98 Å². The van der Waals surface area contributed by atoms with Crippen molar-refractivity contribution in [1.29, 1.82) is 0 Å². The van der Waals surface area contributed by atoms with Gasteiger partial charge in [-0.15, -0.1) is 11.3 Å². The maximum Gasteiger partial charge on any atom is 0.124 e. The van der Waals surface area contributed by atoms with Gasteiger partial charge in [-0.05, 0) is 31.0 Å². The summed E-state index contributed by atoms with van der Waals surface area (Å²) in [6.07, 6.45) is 0.558. The van der Waals surface area contributed by atoms with Gasteiger partial charge in [0.2, 0.25) is 0 Å². The molecule has 0 spiro atoms. The van der Waals surface area contributed by atoms with E-state index in [4.69, 9.17) is 17.3 Å². The summed E-state index contributed by atoms with van der Waals surface area (Å²) in [5.41, 5.74) is 7.73. The lowest BCUT2D eigenvalue weighted by Crippen LogP contribution is -2.14. The second kappa shape index (κ2) is 5.12. The minimum Gasteiger partial charge on any atom is -0.322 e. The smallest absolute Gasteiger partial charge is 0.124 e. The Morgan fingerprint density at radius 1 is 1.53 bits per heavy atom. The highest BCUT2D eigenvalue weighted by molar-refractivity contribution is 7.09. The first-order valence-electron chi connectivity index (χ1n) is 5.18. The molecule has 1 aromatic heterocycles. The van der Waals surface area contributed by atoms with Gasteiger partial charge in [0.05, 0.1) is 16.7 Å². The van der Waals surface area contributed by atoms with E-state index in [0.29, 0.717) is 11.4 Å². The first-order chi connectivity index (χ1) is 8.06. The van der Waals surface area contributed by atoms with Gasteiger partial charge in [0.25, 0.3) is 0 Å². The highest BCUT2D eigenvalue weighted by Crippen LogP contribution is 2.23. The van der Waals surface area contributed by atoms with Crippen molar-refractivity contribution in [2.24, 2.45) is 5.73 Å². The fourth-order valence-corrected chi connectivity index (χ4v) is 2.50. The van der Waals surface area contributed by atoms with E-state index in [1.807, 2.05) is 12.3 Å². The molecule has 0 amide bonds. The zero-order valence-corrected chi connectivity index (χ0v) is 10.9. The highest BCUT2D eigenvalue weighted by atomic mass is 35.5. The zero-order valence-electron chi connectivity index (χ0n) is 9.28. The molecule has 2 nitrogen and oxygen atoms in total. The summed E-state index contributed by atoms with van der Waals surface area (Å²) in [7, 11) is 0. The molecule has 0 aliphatic rings. The second-order valence-electron chi connectivity index (χ2n) is 3.84. The molecule has 2 N–H and O–H groups in total. The molecule has 0 fully saturated rings. The number of benzene rings is 1. The van der Waals surface area contributed by atoms with E-state index in [2.05, 4.69) is 4.98 Å². The number of nitrogens with zero attached hydrogens (tertiary/aromatic N) is 1. The summed E-state index contributed by atoms with van der Waals surface area (Å²) >= 11 is 7.52. The summed E-state index contributed by atoms with van der Waals surface area (Å²) in [6.45, 7) is 1.94. The van der Waals surface area contributed by atoms with Crippen molar-refractivity contribution in [3.05, 3.63) is 50.7 Å². The molecule has 2 rings (SSSR count). The van der Waals surface area contributed by atoms with Crippen LogP contribution in [0.3, 0.4) is 0 Å². The van der Waals surface area contributed by atoms with E-state index >= 15 is 0 Å². The van der Waals surface area contributed by atoms with Crippen LogP contribution >= 0.6 is 22.9 Å². The Morgan fingerprint density at radius 3 is 2.88 bits per heavy atom. The van der Waals surface area contributed by atoms with Gasteiger partial charge in [0.15, 0.2) is 0 Å². The third kappa shape index (κ3) is 3.03. The number of aromatic nitrogens is 1. The van der Waals surface area contributed by atoms with Crippen molar-refractivity contribution < 1.29 is 4.39 Å². The van der Waals surface area contributed by atoms with Crippen molar-refractivity contribution in [2.45, 2.75) is 19.4 Å². The molecule has 0 bridgehead atoms. The fourth-order valence-electron chi connectivity index (χ4n) is 1.58.